The molecule has 1 N–H and O–H groups in total. The molecule has 0 radical (unpaired) electrons. The summed E-state index contributed by atoms with van der Waals surface area (Å²) in [5.74, 6) is 1.38. The van der Waals surface area contributed by atoms with E-state index < -0.39 is 0 Å². The van der Waals surface area contributed by atoms with Gasteiger partial charge in [0.05, 0.1) is 26.5 Å². The highest BCUT2D eigenvalue weighted by molar-refractivity contribution is 5.57. The zero-order valence-corrected chi connectivity index (χ0v) is 12.0. The van der Waals surface area contributed by atoms with Crippen LogP contribution in [0.5, 0.6) is 17.6 Å². The van der Waals surface area contributed by atoms with Crippen LogP contribution < -0.4 is 19.5 Å². The predicted octanol–water partition coefficient (Wildman–Crippen LogP) is 1.91. The van der Waals surface area contributed by atoms with Crippen LogP contribution in [0.4, 0.5) is 5.69 Å². The van der Waals surface area contributed by atoms with Gasteiger partial charge < -0.3 is 19.5 Å². The lowest BCUT2D eigenvalue weighted by atomic mass is 10.1. The summed E-state index contributed by atoms with van der Waals surface area (Å²) in [5, 5.41) is 3.36. The van der Waals surface area contributed by atoms with Crippen molar-refractivity contribution in [1.82, 2.24) is 9.97 Å². The Morgan fingerprint density at radius 2 is 2.14 bits per heavy atom. The quantitative estimate of drug-likeness (QED) is 0.926. The lowest BCUT2D eigenvalue weighted by Gasteiger charge is -2.27. The molecule has 0 fully saturated rings. The van der Waals surface area contributed by atoms with E-state index in [1.807, 2.05) is 24.3 Å². The number of para-hydroxylation sites is 2. The third-order valence-corrected chi connectivity index (χ3v) is 3.33. The van der Waals surface area contributed by atoms with Crippen molar-refractivity contribution in [3.8, 4) is 17.6 Å². The summed E-state index contributed by atoms with van der Waals surface area (Å²) in [4.78, 5) is 8.31. The molecule has 1 aromatic carbocycles. The zero-order valence-electron chi connectivity index (χ0n) is 12.0. The fourth-order valence-electron chi connectivity index (χ4n) is 2.31. The van der Waals surface area contributed by atoms with Gasteiger partial charge in [0.2, 0.25) is 5.88 Å². The minimum atomic E-state index is 0.00537. The number of benzene rings is 1. The van der Waals surface area contributed by atoms with Crippen LogP contribution in [0.15, 0.2) is 30.5 Å². The third kappa shape index (κ3) is 2.84. The molecule has 1 aliphatic rings. The molecule has 21 heavy (non-hydrogen) atoms. The second-order valence-corrected chi connectivity index (χ2v) is 4.71. The Morgan fingerprint density at radius 1 is 1.29 bits per heavy atom. The van der Waals surface area contributed by atoms with Crippen molar-refractivity contribution in [3.63, 3.8) is 0 Å². The molecule has 0 bridgehead atoms. The van der Waals surface area contributed by atoms with E-state index in [1.165, 1.54) is 7.11 Å². The van der Waals surface area contributed by atoms with Crippen molar-refractivity contribution in [2.24, 2.45) is 0 Å². The van der Waals surface area contributed by atoms with Gasteiger partial charge in [0.25, 0.3) is 0 Å². The van der Waals surface area contributed by atoms with Crippen LogP contribution in [-0.2, 0) is 6.42 Å². The average molecular weight is 287 g/mol. The summed E-state index contributed by atoms with van der Waals surface area (Å²) < 4.78 is 16.3. The molecule has 1 aliphatic heterocycles. The van der Waals surface area contributed by atoms with E-state index in [-0.39, 0.29) is 6.10 Å². The SMILES string of the molecule is COc1ncc(CC2CNc3ccccc3O2)c(OC)n1. The molecular formula is C15H17N3O3. The van der Waals surface area contributed by atoms with Crippen LogP contribution in [-0.4, -0.2) is 36.8 Å². The summed E-state index contributed by atoms with van der Waals surface area (Å²) in [7, 11) is 3.11. The van der Waals surface area contributed by atoms with Crippen LogP contribution in [0.1, 0.15) is 5.56 Å². The first-order valence-electron chi connectivity index (χ1n) is 6.73. The molecule has 1 aromatic heterocycles. The fourth-order valence-corrected chi connectivity index (χ4v) is 2.31. The summed E-state index contributed by atoms with van der Waals surface area (Å²) in [6, 6.07) is 8.19. The van der Waals surface area contributed by atoms with Gasteiger partial charge in [-0.1, -0.05) is 12.1 Å². The topological polar surface area (TPSA) is 65.5 Å². The summed E-state index contributed by atoms with van der Waals surface area (Å²) in [6.07, 6.45) is 2.38. The van der Waals surface area contributed by atoms with Gasteiger partial charge in [0.1, 0.15) is 11.9 Å². The van der Waals surface area contributed by atoms with Gasteiger partial charge in [0.15, 0.2) is 0 Å². The van der Waals surface area contributed by atoms with Crippen molar-refractivity contribution in [2.45, 2.75) is 12.5 Å². The van der Waals surface area contributed by atoms with Gasteiger partial charge >= 0.3 is 6.01 Å². The normalized spacial score (nSPS) is 16.4. The number of fused-ring (bicyclic) bond motifs is 1. The highest BCUT2D eigenvalue weighted by Gasteiger charge is 2.21. The van der Waals surface area contributed by atoms with Gasteiger partial charge in [-0.25, -0.2) is 4.98 Å². The maximum Gasteiger partial charge on any atom is 0.319 e. The second-order valence-electron chi connectivity index (χ2n) is 4.71. The minimum Gasteiger partial charge on any atom is -0.486 e. The fraction of sp³-hybridized carbons (Fsp3) is 0.333. The molecule has 6 heteroatoms. The number of ether oxygens (including phenoxy) is 3. The summed E-state index contributed by atoms with van der Waals surface area (Å²) in [6.45, 7) is 0.728. The number of hydrogen-bond donors (Lipinski definition) is 1. The number of methoxy groups -OCH3 is 2. The largest absolute Gasteiger partial charge is 0.486 e. The minimum absolute atomic E-state index is 0.00537. The molecule has 0 saturated heterocycles. The zero-order chi connectivity index (χ0) is 14.7. The van der Waals surface area contributed by atoms with Gasteiger partial charge in [0, 0.05) is 18.2 Å². The monoisotopic (exact) mass is 287 g/mol. The van der Waals surface area contributed by atoms with E-state index in [4.69, 9.17) is 14.2 Å². The number of hydrogen-bond acceptors (Lipinski definition) is 6. The first kappa shape index (κ1) is 13.5. The molecule has 0 saturated carbocycles. The standard InChI is InChI=1S/C15H17N3O3/c1-19-14-10(8-17-15(18-14)20-2)7-11-9-16-12-5-3-4-6-13(12)21-11/h3-6,8,11,16H,7,9H2,1-2H3. The van der Waals surface area contributed by atoms with Crippen molar-refractivity contribution in [3.05, 3.63) is 36.0 Å². The first-order chi connectivity index (χ1) is 10.3. The van der Waals surface area contributed by atoms with Gasteiger partial charge in [-0.3, -0.25) is 0 Å². The molecule has 0 amide bonds. The first-order valence-corrected chi connectivity index (χ1v) is 6.73. The highest BCUT2D eigenvalue weighted by Crippen LogP contribution is 2.30. The molecular weight excluding hydrogens is 270 g/mol. The Bertz CT molecular complexity index is 633. The van der Waals surface area contributed by atoms with Gasteiger partial charge in [-0.2, -0.15) is 4.98 Å². The molecule has 1 unspecified atom stereocenters. The Hall–Kier alpha value is -2.50. The Labute approximate surface area is 123 Å². The molecule has 1 atom stereocenters. The smallest absolute Gasteiger partial charge is 0.319 e. The van der Waals surface area contributed by atoms with Crippen LogP contribution in [0.25, 0.3) is 0 Å². The highest BCUT2D eigenvalue weighted by atomic mass is 16.5. The number of nitrogens with zero attached hydrogens (tertiary/aromatic N) is 2. The van der Waals surface area contributed by atoms with Crippen molar-refractivity contribution in [2.75, 3.05) is 26.1 Å². The van der Waals surface area contributed by atoms with Crippen LogP contribution in [0.3, 0.4) is 0 Å². The Kier molecular flexibility index (Phi) is 3.77. The van der Waals surface area contributed by atoms with E-state index in [2.05, 4.69) is 15.3 Å². The number of nitrogens with one attached hydrogen (secondary N) is 1. The van der Waals surface area contributed by atoms with E-state index >= 15 is 0 Å². The van der Waals surface area contributed by atoms with E-state index in [0.29, 0.717) is 18.3 Å². The lowest BCUT2D eigenvalue weighted by Crippen LogP contribution is -2.32. The average Bonchev–Trinajstić information content (AvgIpc) is 2.55. The molecule has 3 rings (SSSR count). The number of aromatic nitrogens is 2. The summed E-state index contributed by atoms with van der Waals surface area (Å²) >= 11 is 0. The number of anilines is 1. The Balaban J connectivity index is 1.76. The van der Waals surface area contributed by atoms with Crippen LogP contribution in [0.2, 0.25) is 0 Å². The van der Waals surface area contributed by atoms with E-state index in [9.17, 15) is 0 Å². The second kappa shape index (κ2) is 5.87. The van der Waals surface area contributed by atoms with E-state index in [0.717, 1.165) is 23.5 Å². The molecule has 2 aromatic rings. The van der Waals surface area contributed by atoms with Crippen LogP contribution >= 0.6 is 0 Å². The molecule has 110 valence electrons. The Morgan fingerprint density at radius 3 is 2.95 bits per heavy atom. The van der Waals surface area contributed by atoms with E-state index in [1.54, 1.807) is 13.3 Å². The van der Waals surface area contributed by atoms with Crippen molar-refractivity contribution in [1.29, 1.82) is 0 Å². The molecule has 0 aliphatic carbocycles. The molecule has 0 spiro atoms. The number of rotatable bonds is 4. The van der Waals surface area contributed by atoms with Crippen molar-refractivity contribution < 1.29 is 14.2 Å². The third-order valence-electron chi connectivity index (χ3n) is 3.33. The maximum absolute atomic E-state index is 5.99. The molecule has 6 nitrogen and oxygen atoms in total. The van der Waals surface area contributed by atoms with Gasteiger partial charge in [-0.05, 0) is 12.1 Å². The predicted molar refractivity (Wildman–Crippen MR) is 78.2 cm³/mol. The lowest BCUT2D eigenvalue weighted by molar-refractivity contribution is 0.204. The maximum atomic E-state index is 5.99. The molecule has 2 heterocycles. The van der Waals surface area contributed by atoms with Gasteiger partial charge in [-0.15, -0.1) is 0 Å². The van der Waals surface area contributed by atoms with Crippen LogP contribution in [0, 0.1) is 0 Å². The summed E-state index contributed by atoms with van der Waals surface area (Å²) in [5.41, 5.74) is 1.91. The van der Waals surface area contributed by atoms with Crippen molar-refractivity contribution >= 4 is 5.69 Å².